The van der Waals surface area contributed by atoms with Crippen molar-refractivity contribution in [1.82, 2.24) is 0 Å². The molecular formula is C17H12O3. The Morgan fingerprint density at radius 3 is 2.15 bits per heavy atom. The molecule has 0 fully saturated rings. The molecule has 3 aromatic rings. The highest BCUT2D eigenvalue weighted by Gasteiger charge is 2.20. The lowest BCUT2D eigenvalue weighted by Crippen LogP contribution is -1.99. The van der Waals surface area contributed by atoms with Crippen molar-refractivity contribution in [2.24, 2.45) is 0 Å². The third-order valence-electron chi connectivity index (χ3n) is 3.01. The van der Waals surface area contributed by atoms with Gasteiger partial charge >= 0.3 is 0 Å². The summed E-state index contributed by atoms with van der Waals surface area (Å²) in [6.07, 6.45) is 0. The van der Waals surface area contributed by atoms with E-state index in [0.29, 0.717) is 11.3 Å². The van der Waals surface area contributed by atoms with E-state index in [1.165, 1.54) is 6.07 Å². The van der Waals surface area contributed by atoms with Gasteiger partial charge in [-0.3, -0.25) is 4.79 Å². The van der Waals surface area contributed by atoms with E-state index in [9.17, 15) is 9.90 Å². The molecule has 0 aliphatic heterocycles. The van der Waals surface area contributed by atoms with Gasteiger partial charge < -0.3 is 9.52 Å². The first-order valence-electron chi connectivity index (χ1n) is 6.23. The van der Waals surface area contributed by atoms with E-state index in [2.05, 4.69) is 0 Å². The molecule has 0 spiro atoms. The molecule has 3 heteroatoms. The maximum atomic E-state index is 12.3. The fourth-order valence-corrected chi connectivity index (χ4v) is 2.01. The number of carbonyl (C=O) groups is 1. The van der Waals surface area contributed by atoms with Crippen LogP contribution in [0.25, 0.3) is 11.3 Å². The number of hydrogen-bond acceptors (Lipinski definition) is 3. The van der Waals surface area contributed by atoms with Gasteiger partial charge in [0.2, 0.25) is 11.5 Å². The van der Waals surface area contributed by atoms with Crippen molar-refractivity contribution in [3.63, 3.8) is 0 Å². The Morgan fingerprint density at radius 2 is 1.50 bits per heavy atom. The summed E-state index contributed by atoms with van der Waals surface area (Å²) < 4.78 is 5.52. The predicted molar refractivity (Wildman–Crippen MR) is 75.7 cm³/mol. The van der Waals surface area contributed by atoms with E-state index >= 15 is 0 Å². The molecular weight excluding hydrogens is 252 g/mol. The van der Waals surface area contributed by atoms with Gasteiger partial charge in [-0.2, -0.15) is 0 Å². The predicted octanol–water partition coefficient (Wildman–Crippen LogP) is 3.88. The number of hydrogen-bond donors (Lipinski definition) is 1. The Kier molecular flexibility index (Phi) is 3.09. The average Bonchev–Trinajstić information content (AvgIpc) is 2.90. The molecule has 0 amide bonds. The van der Waals surface area contributed by atoms with Gasteiger partial charge in [-0.05, 0) is 0 Å². The fraction of sp³-hybridized carbons (Fsp3) is 0. The van der Waals surface area contributed by atoms with Crippen molar-refractivity contribution in [3.8, 4) is 17.1 Å². The maximum absolute atomic E-state index is 12.3. The zero-order valence-electron chi connectivity index (χ0n) is 10.6. The van der Waals surface area contributed by atoms with Gasteiger partial charge in [-0.25, -0.2) is 0 Å². The van der Waals surface area contributed by atoms with Gasteiger partial charge in [-0.15, -0.1) is 0 Å². The smallest absolute Gasteiger partial charge is 0.232 e. The second-order valence-corrected chi connectivity index (χ2v) is 4.39. The van der Waals surface area contributed by atoms with Crippen LogP contribution in [0, 0.1) is 0 Å². The largest absolute Gasteiger partial charge is 0.504 e. The van der Waals surface area contributed by atoms with E-state index in [4.69, 9.17) is 4.42 Å². The number of furan rings is 1. The van der Waals surface area contributed by atoms with Gasteiger partial charge in [0, 0.05) is 17.2 Å². The second-order valence-electron chi connectivity index (χ2n) is 4.39. The molecule has 98 valence electrons. The topological polar surface area (TPSA) is 50.4 Å². The zero-order valence-corrected chi connectivity index (χ0v) is 10.6. The van der Waals surface area contributed by atoms with Crippen LogP contribution in [-0.4, -0.2) is 10.9 Å². The molecule has 0 atom stereocenters. The molecule has 0 unspecified atom stereocenters. The maximum Gasteiger partial charge on any atom is 0.232 e. The minimum Gasteiger partial charge on any atom is -0.504 e. The van der Waals surface area contributed by atoms with E-state index < -0.39 is 0 Å². The minimum absolute atomic E-state index is 0.0324. The summed E-state index contributed by atoms with van der Waals surface area (Å²) in [5.41, 5.74) is 1.30. The Labute approximate surface area is 116 Å². The first kappa shape index (κ1) is 12.2. The summed E-state index contributed by atoms with van der Waals surface area (Å²) in [5, 5.41) is 9.91. The van der Waals surface area contributed by atoms with Gasteiger partial charge in [0.1, 0.15) is 5.76 Å². The Bertz CT molecular complexity index is 727. The van der Waals surface area contributed by atoms with E-state index in [0.717, 1.165) is 5.56 Å². The third kappa shape index (κ3) is 2.21. The lowest BCUT2D eigenvalue weighted by molar-refractivity contribution is 0.101. The van der Waals surface area contributed by atoms with Crippen LogP contribution in [-0.2, 0) is 0 Å². The molecule has 20 heavy (non-hydrogen) atoms. The van der Waals surface area contributed by atoms with Crippen molar-refractivity contribution < 1.29 is 14.3 Å². The van der Waals surface area contributed by atoms with Crippen molar-refractivity contribution in [2.75, 3.05) is 0 Å². The van der Waals surface area contributed by atoms with Gasteiger partial charge in [-0.1, -0.05) is 60.7 Å². The first-order chi connectivity index (χ1) is 9.75. The summed E-state index contributed by atoms with van der Waals surface area (Å²) in [5.74, 6) is -0.0274. The summed E-state index contributed by atoms with van der Waals surface area (Å²) in [4.78, 5) is 12.3. The molecule has 0 bridgehead atoms. The molecule has 0 aliphatic rings. The Balaban J connectivity index is 2.00. The monoisotopic (exact) mass is 264 g/mol. The Hall–Kier alpha value is -2.81. The molecule has 0 aliphatic carbocycles. The highest BCUT2D eigenvalue weighted by molar-refractivity contribution is 6.09. The number of ketones is 1. The van der Waals surface area contributed by atoms with Crippen molar-refractivity contribution >= 4 is 5.78 Å². The van der Waals surface area contributed by atoms with E-state index in [-0.39, 0.29) is 17.3 Å². The van der Waals surface area contributed by atoms with Crippen molar-refractivity contribution in [2.45, 2.75) is 0 Å². The van der Waals surface area contributed by atoms with Crippen molar-refractivity contribution in [3.05, 3.63) is 78.1 Å². The van der Waals surface area contributed by atoms with Gasteiger partial charge in [0.25, 0.3) is 0 Å². The summed E-state index contributed by atoms with van der Waals surface area (Å²) in [6.45, 7) is 0. The van der Waals surface area contributed by atoms with Crippen LogP contribution in [0.2, 0.25) is 0 Å². The number of aromatic hydroxyl groups is 1. The Morgan fingerprint density at radius 1 is 0.900 bits per heavy atom. The quantitative estimate of drug-likeness (QED) is 0.730. The number of carbonyl (C=O) groups excluding carboxylic acids is 1. The lowest BCUT2D eigenvalue weighted by Gasteiger charge is -1.98. The SMILES string of the molecule is O=C(c1ccccc1)c1oc(-c2ccccc2)cc1O. The second kappa shape index (κ2) is 5.05. The summed E-state index contributed by atoms with van der Waals surface area (Å²) in [6, 6.07) is 19.5. The van der Waals surface area contributed by atoms with Crippen LogP contribution in [0.1, 0.15) is 16.1 Å². The van der Waals surface area contributed by atoms with E-state index in [1.807, 2.05) is 36.4 Å². The van der Waals surface area contributed by atoms with Crippen molar-refractivity contribution in [1.29, 1.82) is 0 Å². The minimum atomic E-state index is -0.328. The van der Waals surface area contributed by atoms with Crippen LogP contribution in [0.3, 0.4) is 0 Å². The standard InChI is InChI=1S/C17H12O3/c18-14-11-15(12-7-3-1-4-8-12)20-17(14)16(19)13-9-5-2-6-10-13/h1-11,18H. The molecule has 3 rings (SSSR count). The number of rotatable bonds is 3. The first-order valence-corrected chi connectivity index (χ1v) is 6.23. The van der Waals surface area contributed by atoms with Crippen LogP contribution < -0.4 is 0 Å². The lowest BCUT2D eigenvalue weighted by atomic mass is 10.1. The molecule has 2 aromatic carbocycles. The molecule has 1 heterocycles. The molecule has 0 radical (unpaired) electrons. The molecule has 0 saturated carbocycles. The molecule has 1 aromatic heterocycles. The fourth-order valence-electron chi connectivity index (χ4n) is 2.01. The van der Waals surface area contributed by atoms with Gasteiger partial charge in [0.15, 0.2) is 5.75 Å². The normalized spacial score (nSPS) is 10.4. The zero-order chi connectivity index (χ0) is 13.9. The summed E-state index contributed by atoms with van der Waals surface area (Å²) in [7, 11) is 0. The van der Waals surface area contributed by atoms with Crippen LogP contribution in [0.5, 0.6) is 5.75 Å². The van der Waals surface area contributed by atoms with Gasteiger partial charge in [0.05, 0.1) is 0 Å². The van der Waals surface area contributed by atoms with Crippen LogP contribution >= 0.6 is 0 Å². The van der Waals surface area contributed by atoms with Crippen LogP contribution in [0.15, 0.2) is 71.1 Å². The average molecular weight is 264 g/mol. The van der Waals surface area contributed by atoms with Crippen LogP contribution in [0.4, 0.5) is 0 Å². The molecule has 0 saturated heterocycles. The summed E-state index contributed by atoms with van der Waals surface area (Å²) >= 11 is 0. The third-order valence-corrected chi connectivity index (χ3v) is 3.01. The molecule has 3 nitrogen and oxygen atoms in total. The number of benzene rings is 2. The molecule has 1 N–H and O–H groups in total. The van der Waals surface area contributed by atoms with E-state index in [1.54, 1.807) is 24.3 Å². The highest BCUT2D eigenvalue weighted by Crippen LogP contribution is 2.31. The highest BCUT2D eigenvalue weighted by atomic mass is 16.4.